The molecule has 3 rings (SSSR count). The highest BCUT2D eigenvalue weighted by Crippen LogP contribution is 2.25. The number of hydrogen-bond acceptors (Lipinski definition) is 3. The maximum absolute atomic E-state index is 13.0. The lowest BCUT2D eigenvalue weighted by Crippen LogP contribution is -2.45. The number of carbonyl (C=O) groups is 1. The standard InChI is InChI=1S/C17H22FN5O/c1-12(13-5-7-15(18)8-6-13)20-17(24)23-9-3-4-14(10-23)16-21-19-11-22(16)2/h5-8,11-12,14H,3-4,9-10H2,1-2H3,(H,20,24)/t12-,14+/m0/s1. The number of benzene rings is 1. The van der Waals surface area contributed by atoms with Crippen LogP contribution in [0.4, 0.5) is 9.18 Å². The number of nitrogens with one attached hydrogen (secondary N) is 1. The van der Waals surface area contributed by atoms with Crippen molar-refractivity contribution in [3.63, 3.8) is 0 Å². The van der Waals surface area contributed by atoms with Crippen LogP contribution in [0.5, 0.6) is 0 Å². The monoisotopic (exact) mass is 331 g/mol. The van der Waals surface area contributed by atoms with E-state index in [0.29, 0.717) is 6.54 Å². The Morgan fingerprint density at radius 1 is 1.38 bits per heavy atom. The number of hydrogen-bond donors (Lipinski definition) is 1. The minimum Gasteiger partial charge on any atom is -0.331 e. The first-order chi connectivity index (χ1) is 11.5. The zero-order valence-corrected chi connectivity index (χ0v) is 13.9. The Morgan fingerprint density at radius 2 is 2.12 bits per heavy atom. The predicted octanol–water partition coefficient (Wildman–Crippen LogP) is 2.60. The average molecular weight is 331 g/mol. The summed E-state index contributed by atoms with van der Waals surface area (Å²) in [6.45, 7) is 3.26. The quantitative estimate of drug-likeness (QED) is 0.940. The summed E-state index contributed by atoms with van der Waals surface area (Å²) >= 11 is 0. The molecule has 0 radical (unpaired) electrons. The molecule has 24 heavy (non-hydrogen) atoms. The van der Waals surface area contributed by atoms with Crippen molar-refractivity contribution in [3.05, 3.63) is 47.8 Å². The van der Waals surface area contributed by atoms with Crippen molar-refractivity contribution in [3.8, 4) is 0 Å². The number of rotatable bonds is 3. The molecule has 0 saturated carbocycles. The number of piperidine rings is 1. The zero-order valence-electron chi connectivity index (χ0n) is 13.9. The lowest BCUT2D eigenvalue weighted by Gasteiger charge is -2.33. The molecule has 0 bridgehead atoms. The molecule has 1 aliphatic heterocycles. The predicted molar refractivity (Wildman–Crippen MR) is 87.9 cm³/mol. The number of likely N-dealkylation sites (tertiary alicyclic amines) is 1. The number of urea groups is 1. The van der Waals surface area contributed by atoms with Crippen molar-refractivity contribution in [1.82, 2.24) is 25.0 Å². The van der Waals surface area contributed by atoms with Crippen LogP contribution in [0, 0.1) is 5.82 Å². The highest BCUT2D eigenvalue weighted by molar-refractivity contribution is 5.74. The van der Waals surface area contributed by atoms with Gasteiger partial charge in [-0.2, -0.15) is 0 Å². The van der Waals surface area contributed by atoms with Crippen LogP contribution >= 0.6 is 0 Å². The van der Waals surface area contributed by atoms with Gasteiger partial charge in [-0.05, 0) is 37.5 Å². The van der Waals surface area contributed by atoms with E-state index in [0.717, 1.165) is 30.8 Å². The summed E-state index contributed by atoms with van der Waals surface area (Å²) in [7, 11) is 1.92. The molecule has 0 aliphatic carbocycles. The molecule has 1 N–H and O–H groups in total. The fourth-order valence-corrected chi connectivity index (χ4v) is 3.15. The van der Waals surface area contributed by atoms with Gasteiger partial charge in [-0.3, -0.25) is 0 Å². The van der Waals surface area contributed by atoms with Crippen molar-refractivity contribution < 1.29 is 9.18 Å². The molecule has 2 heterocycles. The van der Waals surface area contributed by atoms with E-state index >= 15 is 0 Å². The Kier molecular flexibility index (Phi) is 4.78. The minimum absolute atomic E-state index is 0.0984. The van der Waals surface area contributed by atoms with Crippen molar-refractivity contribution in [1.29, 1.82) is 0 Å². The molecule has 7 heteroatoms. The van der Waals surface area contributed by atoms with Crippen LogP contribution in [0.2, 0.25) is 0 Å². The normalized spacial score (nSPS) is 19.1. The van der Waals surface area contributed by atoms with E-state index < -0.39 is 0 Å². The molecule has 1 fully saturated rings. The van der Waals surface area contributed by atoms with E-state index in [4.69, 9.17) is 0 Å². The highest BCUT2D eigenvalue weighted by Gasteiger charge is 2.28. The van der Waals surface area contributed by atoms with Gasteiger partial charge in [0.15, 0.2) is 0 Å². The van der Waals surface area contributed by atoms with E-state index in [1.54, 1.807) is 18.5 Å². The molecule has 1 saturated heterocycles. The summed E-state index contributed by atoms with van der Waals surface area (Å²) < 4.78 is 14.9. The van der Waals surface area contributed by atoms with Crippen LogP contribution in [-0.2, 0) is 7.05 Å². The number of nitrogens with zero attached hydrogens (tertiary/aromatic N) is 4. The number of carbonyl (C=O) groups excluding carboxylic acids is 1. The molecule has 0 spiro atoms. The number of aromatic nitrogens is 3. The summed E-state index contributed by atoms with van der Waals surface area (Å²) in [6.07, 6.45) is 3.63. The summed E-state index contributed by atoms with van der Waals surface area (Å²) in [5, 5.41) is 11.1. The lowest BCUT2D eigenvalue weighted by atomic mass is 9.97. The van der Waals surface area contributed by atoms with Crippen LogP contribution in [0.3, 0.4) is 0 Å². The van der Waals surface area contributed by atoms with Gasteiger partial charge >= 0.3 is 6.03 Å². The van der Waals surface area contributed by atoms with Crippen LogP contribution < -0.4 is 5.32 Å². The van der Waals surface area contributed by atoms with Crippen molar-refractivity contribution in [2.75, 3.05) is 13.1 Å². The zero-order chi connectivity index (χ0) is 17.1. The average Bonchev–Trinajstić information content (AvgIpc) is 3.01. The van der Waals surface area contributed by atoms with Gasteiger partial charge in [-0.15, -0.1) is 10.2 Å². The molecule has 2 amide bonds. The molecule has 0 unspecified atom stereocenters. The first-order valence-corrected chi connectivity index (χ1v) is 8.19. The summed E-state index contributed by atoms with van der Waals surface area (Å²) in [4.78, 5) is 14.4. The second-order valence-corrected chi connectivity index (χ2v) is 6.31. The first-order valence-electron chi connectivity index (χ1n) is 8.19. The van der Waals surface area contributed by atoms with Crippen molar-refractivity contribution in [2.24, 2.45) is 7.05 Å². The molecule has 6 nitrogen and oxygen atoms in total. The second kappa shape index (κ2) is 6.98. The number of amides is 2. The van der Waals surface area contributed by atoms with Gasteiger partial charge < -0.3 is 14.8 Å². The fourth-order valence-electron chi connectivity index (χ4n) is 3.15. The first kappa shape index (κ1) is 16.4. The summed E-state index contributed by atoms with van der Waals surface area (Å²) in [5.74, 6) is 0.844. The number of halogens is 1. The van der Waals surface area contributed by atoms with Gasteiger partial charge in [0.05, 0.1) is 6.04 Å². The second-order valence-electron chi connectivity index (χ2n) is 6.31. The van der Waals surface area contributed by atoms with Gasteiger partial charge in [0, 0.05) is 26.1 Å². The van der Waals surface area contributed by atoms with E-state index in [-0.39, 0.29) is 23.8 Å². The lowest BCUT2D eigenvalue weighted by molar-refractivity contribution is 0.175. The molecule has 128 valence electrons. The van der Waals surface area contributed by atoms with Gasteiger partial charge in [0.2, 0.25) is 0 Å². The third-order valence-electron chi connectivity index (χ3n) is 4.53. The maximum Gasteiger partial charge on any atom is 0.317 e. The minimum atomic E-state index is -0.278. The molecular formula is C17H22FN5O. The molecule has 1 aromatic carbocycles. The van der Waals surface area contributed by atoms with E-state index in [2.05, 4.69) is 15.5 Å². The van der Waals surface area contributed by atoms with E-state index in [9.17, 15) is 9.18 Å². The van der Waals surface area contributed by atoms with Gasteiger partial charge in [-0.1, -0.05) is 12.1 Å². The van der Waals surface area contributed by atoms with Crippen molar-refractivity contribution >= 4 is 6.03 Å². The van der Waals surface area contributed by atoms with Crippen LogP contribution in [0.1, 0.15) is 43.1 Å². The van der Waals surface area contributed by atoms with Crippen molar-refractivity contribution in [2.45, 2.75) is 31.7 Å². The summed E-state index contributed by atoms with van der Waals surface area (Å²) in [6, 6.07) is 5.93. The van der Waals surface area contributed by atoms with Gasteiger partial charge in [0.1, 0.15) is 18.0 Å². The van der Waals surface area contributed by atoms with Crippen LogP contribution in [0.15, 0.2) is 30.6 Å². The SMILES string of the molecule is C[C@H](NC(=O)N1CCC[C@@H](c2nncn2C)C1)c1ccc(F)cc1. The molecular weight excluding hydrogens is 309 g/mol. The fraction of sp³-hybridized carbons (Fsp3) is 0.471. The Hall–Kier alpha value is -2.44. The third-order valence-corrected chi connectivity index (χ3v) is 4.53. The highest BCUT2D eigenvalue weighted by atomic mass is 19.1. The number of aryl methyl sites for hydroxylation is 1. The maximum atomic E-state index is 13.0. The summed E-state index contributed by atoms with van der Waals surface area (Å²) in [5.41, 5.74) is 0.881. The van der Waals surface area contributed by atoms with Gasteiger partial charge in [0.25, 0.3) is 0 Å². The molecule has 2 atom stereocenters. The van der Waals surface area contributed by atoms with E-state index in [1.807, 2.05) is 23.4 Å². The Labute approximate surface area is 140 Å². The Bertz CT molecular complexity index is 699. The Morgan fingerprint density at radius 3 is 2.79 bits per heavy atom. The van der Waals surface area contributed by atoms with Crippen LogP contribution in [0.25, 0.3) is 0 Å². The smallest absolute Gasteiger partial charge is 0.317 e. The molecule has 1 aliphatic rings. The largest absolute Gasteiger partial charge is 0.331 e. The van der Waals surface area contributed by atoms with Gasteiger partial charge in [-0.25, -0.2) is 9.18 Å². The molecule has 2 aromatic rings. The molecule has 1 aromatic heterocycles. The Balaban J connectivity index is 1.62. The topological polar surface area (TPSA) is 63.1 Å². The van der Waals surface area contributed by atoms with Crippen LogP contribution in [-0.4, -0.2) is 38.8 Å². The van der Waals surface area contributed by atoms with E-state index in [1.165, 1.54) is 12.1 Å². The third kappa shape index (κ3) is 3.55.